The van der Waals surface area contributed by atoms with E-state index in [1.165, 1.54) is 11.3 Å². The van der Waals surface area contributed by atoms with Crippen LogP contribution in [-0.2, 0) is 0 Å². The molecular formula is C11H17ClN2O2S. The molecule has 2 N–H and O–H groups in total. The van der Waals surface area contributed by atoms with E-state index in [-0.39, 0.29) is 24.4 Å². The summed E-state index contributed by atoms with van der Waals surface area (Å²) in [4.78, 5) is 12.6. The molecule has 1 aromatic heterocycles. The topological polar surface area (TPSA) is 50.4 Å². The van der Waals surface area contributed by atoms with Gasteiger partial charge in [-0.15, -0.1) is 23.7 Å². The Balaban J connectivity index is 0.00000144. The number of carbonyl (C=O) groups is 1. The fourth-order valence-corrected chi connectivity index (χ4v) is 2.53. The largest absolute Gasteiger partial charge is 0.496 e. The highest BCUT2D eigenvalue weighted by molar-refractivity contribution is 7.12. The summed E-state index contributed by atoms with van der Waals surface area (Å²) in [6.45, 7) is 1.92. The van der Waals surface area contributed by atoms with Crippen molar-refractivity contribution in [3.8, 4) is 5.75 Å². The molecule has 1 amide bonds. The molecular weight excluding hydrogens is 260 g/mol. The van der Waals surface area contributed by atoms with Crippen LogP contribution in [0, 0.1) is 0 Å². The second kappa shape index (κ2) is 6.83. The third-order valence-corrected chi connectivity index (χ3v) is 3.57. The van der Waals surface area contributed by atoms with Gasteiger partial charge in [-0.1, -0.05) is 0 Å². The average Bonchev–Trinajstić information content (AvgIpc) is 2.79. The number of halogens is 1. The van der Waals surface area contributed by atoms with Gasteiger partial charge in [0.1, 0.15) is 5.75 Å². The van der Waals surface area contributed by atoms with Gasteiger partial charge in [-0.25, -0.2) is 0 Å². The number of nitrogens with one attached hydrogen (secondary N) is 2. The maximum Gasteiger partial charge on any atom is 0.261 e. The molecule has 0 radical (unpaired) electrons. The van der Waals surface area contributed by atoms with Gasteiger partial charge < -0.3 is 15.4 Å². The molecule has 0 aliphatic carbocycles. The first-order valence-electron chi connectivity index (χ1n) is 5.43. The quantitative estimate of drug-likeness (QED) is 0.883. The number of amides is 1. The van der Waals surface area contributed by atoms with Crippen LogP contribution in [0.3, 0.4) is 0 Å². The smallest absolute Gasteiger partial charge is 0.261 e. The van der Waals surface area contributed by atoms with Crippen molar-refractivity contribution in [3.63, 3.8) is 0 Å². The lowest BCUT2D eigenvalue weighted by molar-refractivity contribution is 0.0934. The molecule has 0 spiro atoms. The number of ether oxygens (including phenoxy) is 1. The summed E-state index contributed by atoms with van der Waals surface area (Å²) in [6.07, 6.45) is 2.18. The van der Waals surface area contributed by atoms with Crippen LogP contribution in [0.1, 0.15) is 22.5 Å². The van der Waals surface area contributed by atoms with Crippen molar-refractivity contribution >= 4 is 29.7 Å². The maximum absolute atomic E-state index is 11.9. The molecule has 1 saturated heterocycles. The summed E-state index contributed by atoms with van der Waals surface area (Å²) in [5.74, 6) is 0.749. The summed E-state index contributed by atoms with van der Waals surface area (Å²) in [7, 11) is 1.61. The van der Waals surface area contributed by atoms with Gasteiger partial charge in [-0.05, 0) is 19.4 Å². The molecule has 17 heavy (non-hydrogen) atoms. The monoisotopic (exact) mass is 276 g/mol. The highest BCUT2D eigenvalue weighted by atomic mass is 35.5. The van der Waals surface area contributed by atoms with Crippen LogP contribution in [0.2, 0.25) is 0 Å². The summed E-state index contributed by atoms with van der Waals surface area (Å²) in [5, 5.41) is 8.14. The van der Waals surface area contributed by atoms with Crippen LogP contribution < -0.4 is 15.4 Å². The zero-order valence-corrected chi connectivity index (χ0v) is 11.3. The minimum Gasteiger partial charge on any atom is -0.496 e. The number of carbonyl (C=O) groups excluding carboxylic acids is 1. The van der Waals surface area contributed by atoms with Crippen molar-refractivity contribution in [3.05, 3.63) is 16.3 Å². The molecule has 1 aromatic rings. The Labute approximate surface area is 111 Å². The molecule has 1 atom stereocenters. The lowest BCUT2D eigenvalue weighted by Crippen LogP contribution is -2.45. The summed E-state index contributed by atoms with van der Waals surface area (Å²) < 4.78 is 5.05. The van der Waals surface area contributed by atoms with Crippen molar-refractivity contribution in [1.29, 1.82) is 0 Å². The van der Waals surface area contributed by atoms with E-state index in [0.29, 0.717) is 4.88 Å². The van der Waals surface area contributed by atoms with Crippen molar-refractivity contribution in [2.75, 3.05) is 20.2 Å². The molecule has 6 heteroatoms. The molecule has 0 unspecified atom stereocenters. The maximum atomic E-state index is 11.9. The van der Waals surface area contributed by atoms with Gasteiger partial charge in [-0.2, -0.15) is 0 Å². The number of hydrogen-bond donors (Lipinski definition) is 2. The molecule has 0 aromatic carbocycles. The normalized spacial score (nSPS) is 19.2. The highest BCUT2D eigenvalue weighted by Crippen LogP contribution is 2.21. The van der Waals surface area contributed by atoms with E-state index in [1.807, 2.05) is 5.38 Å². The molecule has 1 aliphatic heterocycles. The molecule has 1 aliphatic rings. The fraction of sp³-hybridized carbons (Fsp3) is 0.545. The Morgan fingerprint density at radius 2 is 2.47 bits per heavy atom. The molecule has 96 valence electrons. The predicted molar refractivity (Wildman–Crippen MR) is 71.5 cm³/mol. The first-order valence-corrected chi connectivity index (χ1v) is 6.31. The van der Waals surface area contributed by atoms with Crippen molar-refractivity contribution in [2.45, 2.75) is 18.9 Å². The molecule has 2 heterocycles. The Morgan fingerprint density at radius 3 is 3.06 bits per heavy atom. The zero-order chi connectivity index (χ0) is 11.4. The van der Waals surface area contributed by atoms with E-state index in [1.54, 1.807) is 13.2 Å². The third-order valence-electron chi connectivity index (χ3n) is 2.67. The van der Waals surface area contributed by atoms with Crippen LogP contribution in [-0.4, -0.2) is 32.1 Å². The van der Waals surface area contributed by atoms with Crippen LogP contribution in [0.15, 0.2) is 11.4 Å². The number of rotatable bonds is 3. The molecule has 0 saturated carbocycles. The predicted octanol–water partition coefficient (Wildman–Crippen LogP) is 1.66. The van der Waals surface area contributed by atoms with E-state index in [4.69, 9.17) is 4.74 Å². The third kappa shape index (κ3) is 3.87. The average molecular weight is 277 g/mol. The van der Waals surface area contributed by atoms with Gasteiger partial charge in [0.15, 0.2) is 0 Å². The standard InChI is InChI=1S/C11H16N2O2S.ClH/c1-15-9-5-10(16-7-9)11(14)13-8-3-2-4-12-6-8;/h5,7-8,12H,2-4,6H2,1H3,(H,13,14);1H/t8-;/m0./s1. The Bertz CT molecular complexity index is 364. The lowest BCUT2D eigenvalue weighted by Gasteiger charge is -2.23. The second-order valence-electron chi connectivity index (χ2n) is 3.87. The van der Waals surface area contributed by atoms with Gasteiger partial charge >= 0.3 is 0 Å². The van der Waals surface area contributed by atoms with E-state index >= 15 is 0 Å². The number of hydrogen-bond acceptors (Lipinski definition) is 4. The van der Waals surface area contributed by atoms with Gasteiger partial charge in [0, 0.05) is 24.0 Å². The van der Waals surface area contributed by atoms with E-state index in [9.17, 15) is 4.79 Å². The van der Waals surface area contributed by atoms with Crippen molar-refractivity contribution in [1.82, 2.24) is 10.6 Å². The fourth-order valence-electron chi connectivity index (χ4n) is 1.78. The highest BCUT2D eigenvalue weighted by Gasteiger charge is 2.17. The first-order chi connectivity index (χ1) is 7.79. The summed E-state index contributed by atoms with van der Waals surface area (Å²) >= 11 is 1.41. The Kier molecular flexibility index (Phi) is 5.74. The summed E-state index contributed by atoms with van der Waals surface area (Å²) in [6, 6.07) is 2.03. The second-order valence-corrected chi connectivity index (χ2v) is 4.78. The van der Waals surface area contributed by atoms with Gasteiger partial charge in [0.25, 0.3) is 5.91 Å². The zero-order valence-electron chi connectivity index (χ0n) is 9.69. The molecule has 0 bridgehead atoms. The minimum absolute atomic E-state index is 0. The number of methoxy groups -OCH3 is 1. The lowest BCUT2D eigenvalue weighted by atomic mass is 10.1. The van der Waals surface area contributed by atoms with Crippen LogP contribution >= 0.6 is 23.7 Å². The molecule has 2 rings (SSSR count). The minimum atomic E-state index is 0. The molecule has 4 nitrogen and oxygen atoms in total. The SMILES string of the molecule is COc1csc(C(=O)N[C@H]2CCCNC2)c1.Cl. The van der Waals surface area contributed by atoms with Crippen LogP contribution in [0.4, 0.5) is 0 Å². The first kappa shape index (κ1) is 14.3. The molecule has 1 fully saturated rings. The summed E-state index contributed by atoms with van der Waals surface area (Å²) in [5.41, 5.74) is 0. The van der Waals surface area contributed by atoms with Gasteiger partial charge in [0.2, 0.25) is 0 Å². The van der Waals surface area contributed by atoms with E-state index in [0.717, 1.165) is 31.7 Å². The Hall–Kier alpha value is -0.780. The van der Waals surface area contributed by atoms with Crippen molar-refractivity contribution < 1.29 is 9.53 Å². The Morgan fingerprint density at radius 1 is 1.65 bits per heavy atom. The van der Waals surface area contributed by atoms with Crippen LogP contribution in [0.25, 0.3) is 0 Å². The van der Waals surface area contributed by atoms with Crippen LogP contribution in [0.5, 0.6) is 5.75 Å². The van der Waals surface area contributed by atoms with Gasteiger partial charge in [-0.3, -0.25) is 4.79 Å². The van der Waals surface area contributed by atoms with Crippen molar-refractivity contribution in [2.24, 2.45) is 0 Å². The van der Waals surface area contributed by atoms with E-state index in [2.05, 4.69) is 10.6 Å². The van der Waals surface area contributed by atoms with E-state index < -0.39 is 0 Å². The van der Waals surface area contributed by atoms with Gasteiger partial charge in [0.05, 0.1) is 12.0 Å². The number of piperidine rings is 1. The number of thiophene rings is 1.